The maximum atomic E-state index is 12.2. The van der Waals surface area contributed by atoms with Crippen molar-refractivity contribution < 1.29 is 4.79 Å². The zero-order chi connectivity index (χ0) is 14.5. The summed E-state index contributed by atoms with van der Waals surface area (Å²) in [6.45, 7) is 3.73. The number of anilines is 1. The van der Waals surface area contributed by atoms with Gasteiger partial charge in [0.05, 0.1) is 0 Å². The van der Waals surface area contributed by atoms with E-state index in [1.807, 2.05) is 35.2 Å². The van der Waals surface area contributed by atoms with E-state index in [0.29, 0.717) is 0 Å². The summed E-state index contributed by atoms with van der Waals surface area (Å²) in [4.78, 5) is 16.8. The average Bonchev–Trinajstić information content (AvgIpc) is 2.57. The lowest BCUT2D eigenvalue weighted by Crippen LogP contribution is -2.53. The summed E-state index contributed by atoms with van der Waals surface area (Å²) in [6, 6.07) is 10.5. The van der Waals surface area contributed by atoms with Crippen LogP contribution in [-0.2, 0) is 0 Å². The molecule has 3 rings (SSSR count). The number of nitrogens with zero attached hydrogens (tertiary/aromatic N) is 2. The van der Waals surface area contributed by atoms with Gasteiger partial charge in [0.2, 0.25) is 0 Å². The van der Waals surface area contributed by atoms with E-state index in [-0.39, 0.29) is 6.03 Å². The van der Waals surface area contributed by atoms with Gasteiger partial charge >= 0.3 is 6.03 Å². The van der Waals surface area contributed by atoms with Crippen LogP contribution >= 0.6 is 0 Å². The van der Waals surface area contributed by atoms with Crippen LogP contribution in [0.1, 0.15) is 32.1 Å². The van der Waals surface area contributed by atoms with Crippen LogP contribution in [0.15, 0.2) is 30.3 Å². The van der Waals surface area contributed by atoms with Crippen LogP contribution in [0.5, 0.6) is 0 Å². The van der Waals surface area contributed by atoms with E-state index >= 15 is 0 Å². The summed E-state index contributed by atoms with van der Waals surface area (Å²) in [7, 11) is 0. The lowest BCUT2D eigenvalue weighted by Gasteiger charge is -2.40. The van der Waals surface area contributed by atoms with Crippen LogP contribution in [0.25, 0.3) is 0 Å². The molecule has 1 N–H and O–H groups in total. The first-order valence-electron chi connectivity index (χ1n) is 8.18. The van der Waals surface area contributed by atoms with E-state index < -0.39 is 0 Å². The van der Waals surface area contributed by atoms with E-state index in [1.54, 1.807) is 0 Å². The molecule has 0 spiro atoms. The summed E-state index contributed by atoms with van der Waals surface area (Å²) < 4.78 is 0. The molecule has 0 atom stereocenters. The van der Waals surface area contributed by atoms with Crippen LogP contribution < -0.4 is 5.32 Å². The monoisotopic (exact) mass is 287 g/mol. The number of hydrogen-bond donors (Lipinski definition) is 1. The second kappa shape index (κ2) is 6.94. The SMILES string of the molecule is O=C(Nc1ccccc1)N1CCN(C2CCCCC2)CC1. The van der Waals surface area contributed by atoms with Crippen molar-refractivity contribution in [3.63, 3.8) is 0 Å². The smallest absolute Gasteiger partial charge is 0.321 e. The number of para-hydroxylation sites is 1. The maximum Gasteiger partial charge on any atom is 0.321 e. The van der Waals surface area contributed by atoms with Gasteiger partial charge in [-0.1, -0.05) is 37.5 Å². The van der Waals surface area contributed by atoms with E-state index in [2.05, 4.69) is 10.2 Å². The zero-order valence-corrected chi connectivity index (χ0v) is 12.6. The largest absolute Gasteiger partial charge is 0.322 e. The summed E-state index contributed by atoms with van der Waals surface area (Å²) in [5, 5.41) is 2.97. The van der Waals surface area contributed by atoms with Gasteiger partial charge in [-0.25, -0.2) is 4.79 Å². The predicted molar refractivity (Wildman–Crippen MR) is 85.5 cm³/mol. The standard InChI is InChI=1S/C17H25N3O/c21-17(18-15-7-3-1-4-8-15)20-13-11-19(12-14-20)16-9-5-2-6-10-16/h1,3-4,7-8,16H,2,5-6,9-14H2,(H,18,21). The van der Waals surface area contributed by atoms with Gasteiger partial charge in [-0.05, 0) is 25.0 Å². The van der Waals surface area contributed by atoms with Crippen molar-refractivity contribution >= 4 is 11.7 Å². The second-order valence-electron chi connectivity index (χ2n) is 6.11. The number of urea groups is 1. The molecular weight excluding hydrogens is 262 g/mol. The molecule has 0 radical (unpaired) electrons. The van der Waals surface area contributed by atoms with E-state index in [4.69, 9.17) is 0 Å². The number of hydrogen-bond acceptors (Lipinski definition) is 2. The number of nitrogens with one attached hydrogen (secondary N) is 1. The van der Waals surface area contributed by atoms with Crippen molar-refractivity contribution in [3.05, 3.63) is 30.3 Å². The number of benzene rings is 1. The highest BCUT2D eigenvalue weighted by Gasteiger charge is 2.26. The van der Waals surface area contributed by atoms with Crippen molar-refractivity contribution in [3.8, 4) is 0 Å². The third kappa shape index (κ3) is 3.76. The van der Waals surface area contributed by atoms with Crippen molar-refractivity contribution in [1.29, 1.82) is 0 Å². The van der Waals surface area contributed by atoms with Crippen LogP contribution in [0.4, 0.5) is 10.5 Å². The molecule has 4 heteroatoms. The van der Waals surface area contributed by atoms with Gasteiger partial charge in [0.15, 0.2) is 0 Å². The molecule has 21 heavy (non-hydrogen) atoms. The second-order valence-corrected chi connectivity index (χ2v) is 6.11. The van der Waals surface area contributed by atoms with E-state index in [1.165, 1.54) is 32.1 Å². The van der Waals surface area contributed by atoms with Crippen LogP contribution in [0.2, 0.25) is 0 Å². The van der Waals surface area contributed by atoms with Crippen LogP contribution in [0, 0.1) is 0 Å². The lowest BCUT2D eigenvalue weighted by atomic mass is 9.94. The lowest BCUT2D eigenvalue weighted by molar-refractivity contribution is 0.0943. The highest BCUT2D eigenvalue weighted by Crippen LogP contribution is 2.23. The molecular formula is C17H25N3O. The molecule has 2 aliphatic rings. The first-order valence-corrected chi connectivity index (χ1v) is 8.18. The zero-order valence-electron chi connectivity index (χ0n) is 12.6. The molecule has 0 unspecified atom stereocenters. The number of piperazine rings is 1. The van der Waals surface area contributed by atoms with Crippen molar-refractivity contribution in [2.45, 2.75) is 38.1 Å². The van der Waals surface area contributed by atoms with Gasteiger partial charge in [-0.2, -0.15) is 0 Å². The molecule has 0 bridgehead atoms. The van der Waals surface area contributed by atoms with Crippen molar-refractivity contribution in [2.75, 3.05) is 31.5 Å². The minimum Gasteiger partial charge on any atom is -0.322 e. The quantitative estimate of drug-likeness (QED) is 0.907. The summed E-state index contributed by atoms with van der Waals surface area (Å²) >= 11 is 0. The topological polar surface area (TPSA) is 35.6 Å². The molecule has 4 nitrogen and oxygen atoms in total. The normalized spacial score (nSPS) is 21.2. The van der Waals surface area contributed by atoms with Gasteiger partial charge in [-0.3, -0.25) is 4.90 Å². The Morgan fingerprint density at radius 1 is 0.952 bits per heavy atom. The van der Waals surface area contributed by atoms with Crippen LogP contribution in [0.3, 0.4) is 0 Å². The first-order chi connectivity index (χ1) is 10.3. The number of amides is 2. The fourth-order valence-corrected chi connectivity index (χ4v) is 3.46. The Morgan fingerprint density at radius 3 is 2.29 bits per heavy atom. The molecule has 1 heterocycles. The fraction of sp³-hybridized carbons (Fsp3) is 0.588. The molecule has 2 fully saturated rings. The van der Waals surface area contributed by atoms with Gasteiger partial charge in [0, 0.05) is 37.9 Å². The number of carbonyl (C=O) groups excluding carboxylic acids is 1. The fourth-order valence-electron chi connectivity index (χ4n) is 3.46. The Balaban J connectivity index is 1.47. The third-order valence-corrected chi connectivity index (χ3v) is 4.72. The Bertz CT molecular complexity index is 448. The minimum absolute atomic E-state index is 0.0319. The number of rotatable bonds is 2. The molecule has 114 valence electrons. The van der Waals surface area contributed by atoms with E-state index in [0.717, 1.165) is 37.9 Å². The first kappa shape index (κ1) is 14.4. The maximum absolute atomic E-state index is 12.2. The Kier molecular flexibility index (Phi) is 4.76. The molecule has 0 aromatic heterocycles. The highest BCUT2D eigenvalue weighted by molar-refractivity contribution is 5.89. The molecule has 1 aliphatic carbocycles. The molecule has 1 aromatic rings. The molecule has 1 saturated carbocycles. The molecule has 1 aliphatic heterocycles. The third-order valence-electron chi connectivity index (χ3n) is 4.72. The van der Waals surface area contributed by atoms with Gasteiger partial charge in [-0.15, -0.1) is 0 Å². The summed E-state index contributed by atoms with van der Waals surface area (Å²) in [6.07, 6.45) is 6.83. The van der Waals surface area contributed by atoms with E-state index in [9.17, 15) is 4.79 Å². The highest BCUT2D eigenvalue weighted by atomic mass is 16.2. The Hall–Kier alpha value is -1.55. The molecule has 2 amide bonds. The Labute approximate surface area is 127 Å². The number of carbonyl (C=O) groups is 1. The van der Waals surface area contributed by atoms with Gasteiger partial charge in [0.1, 0.15) is 0 Å². The summed E-state index contributed by atoms with van der Waals surface area (Å²) in [5.74, 6) is 0. The van der Waals surface area contributed by atoms with Crippen molar-refractivity contribution in [2.24, 2.45) is 0 Å². The van der Waals surface area contributed by atoms with Crippen molar-refractivity contribution in [1.82, 2.24) is 9.80 Å². The van der Waals surface area contributed by atoms with Gasteiger partial charge in [0.25, 0.3) is 0 Å². The predicted octanol–water partition coefficient (Wildman–Crippen LogP) is 3.17. The molecule has 1 aromatic carbocycles. The summed E-state index contributed by atoms with van der Waals surface area (Å²) in [5.41, 5.74) is 0.872. The minimum atomic E-state index is 0.0319. The molecule has 1 saturated heterocycles. The van der Waals surface area contributed by atoms with Gasteiger partial charge < -0.3 is 10.2 Å². The van der Waals surface area contributed by atoms with Crippen LogP contribution in [-0.4, -0.2) is 48.1 Å². The average molecular weight is 287 g/mol. The Morgan fingerprint density at radius 2 is 1.62 bits per heavy atom.